The summed E-state index contributed by atoms with van der Waals surface area (Å²) in [4.78, 5) is 24.9. The molecular weight excluding hydrogens is 348 g/mol. The number of morpholine rings is 1. The molecule has 0 aliphatic carbocycles. The second-order valence-electron chi connectivity index (χ2n) is 5.51. The van der Waals surface area contributed by atoms with Gasteiger partial charge in [-0.25, -0.2) is 13.1 Å². The highest BCUT2D eigenvalue weighted by molar-refractivity contribution is 7.89. The largest absolute Gasteiger partial charge is 0.481 e. The van der Waals surface area contributed by atoms with Crippen LogP contribution in [0, 0.1) is 0 Å². The molecule has 1 unspecified atom stereocenters. The van der Waals surface area contributed by atoms with Crippen LogP contribution < -0.4 is 4.72 Å². The lowest BCUT2D eigenvalue weighted by Crippen LogP contribution is -2.46. The summed E-state index contributed by atoms with van der Waals surface area (Å²) in [5, 5.41) is 8.84. The number of carbonyl (C=O) groups excluding carboxylic acids is 1. The summed E-state index contributed by atoms with van der Waals surface area (Å²) >= 11 is 0. The minimum Gasteiger partial charge on any atom is -0.481 e. The van der Waals surface area contributed by atoms with E-state index in [2.05, 4.69) is 11.3 Å². The van der Waals surface area contributed by atoms with Crippen LogP contribution in [0.1, 0.15) is 16.8 Å². The Morgan fingerprint density at radius 3 is 2.88 bits per heavy atom. The van der Waals surface area contributed by atoms with Crippen LogP contribution in [0.4, 0.5) is 0 Å². The highest BCUT2D eigenvalue weighted by Gasteiger charge is 2.27. The van der Waals surface area contributed by atoms with Gasteiger partial charge in [-0.15, -0.1) is 6.58 Å². The molecule has 0 aromatic heterocycles. The number of ether oxygens (including phenoxy) is 1. The summed E-state index contributed by atoms with van der Waals surface area (Å²) in [6, 6.07) is 5.71. The monoisotopic (exact) mass is 368 g/mol. The molecule has 2 rings (SSSR count). The Labute approximate surface area is 146 Å². The number of nitrogens with one attached hydrogen (secondary N) is 1. The number of carboxylic acid groups (broad SMARTS) is 1. The van der Waals surface area contributed by atoms with Crippen molar-refractivity contribution in [2.24, 2.45) is 0 Å². The van der Waals surface area contributed by atoms with Crippen LogP contribution in [-0.4, -0.2) is 62.6 Å². The predicted octanol–water partition coefficient (Wildman–Crippen LogP) is 0.467. The molecule has 1 heterocycles. The van der Waals surface area contributed by atoms with E-state index in [9.17, 15) is 18.0 Å². The van der Waals surface area contributed by atoms with Gasteiger partial charge in [0.05, 0.1) is 24.0 Å². The van der Waals surface area contributed by atoms with Crippen LogP contribution in [0.2, 0.25) is 0 Å². The number of nitrogens with zero attached hydrogens (tertiary/aromatic N) is 1. The fourth-order valence-corrected chi connectivity index (χ4v) is 3.50. The molecule has 25 heavy (non-hydrogen) atoms. The molecule has 1 amide bonds. The minimum atomic E-state index is -3.73. The van der Waals surface area contributed by atoms with Crippen molar-refractivity contribution in [1.82, 2.24) is 9.62 Å². The fraction of sp³-hybridized carbons (Fsp3) is 0.375. The maximum absolute atomic E-state index is 12.6. The third kappa shape index (κ3) is 5.12. The zero-order valence-electron chi connectivity index (χ0n) is 13.6. The Morgan fingerprint density at radius 2 is 2.20 bits per heavy atom. The summed E-state index contributed by atoms with van der Waals surface area (Å²) in [5.74, 6) is -1.36. The molecule has 1 aromatic carbocycles. The first-order valence-corrected chi connectivity index (χ1v) is 9.15. The van der Waals surface area contributed by atoms with Gasteiger partial charge in [-0.2, -0.15) is 0 Å². The summed E-state index contributed by atoms with van der Waals surface area (Å²) in [7, 11) is -3.73. The highest BCUT2D eigenvalue weighted by Crippen LogP contribution is 2.16. The van der Waals surface area contributed by atoms with Crippen LogP contribution >= 0.6 is 0 Å². The van der Waals surface area contributed by atoms with Crippen LogP contribution in [0.25, 0.3) is 0 Å². The van der Waals surface area contributed by atoms with Crippen molar-refractivity contribution >= 4 is 21.9 Å². The van der Waals surface area contributed by atoms with Gasteiger partial charge >= 0.3 is 5.97 Å². The second kappa shape index (κ2) is 8.24. The van der Waals surface area contributed by atoms with E-state index in [1.807, 2.05) is 0 Å². The molecule has 0 saturated carbocycles. The molecule has 0 radical (unpaired) electrons. The van der Waals surface area contributed by atoms with E-state index in [0.717, 1.165) is 0 Å². The van der Waals surface area contributed by atoms with Gasteiger partial charge in [0.2, 0.25) is 10.0 Å². The van der Waals surface area contributed by atoms with Gasteiger partial charge in [-0.1, -0.05) is 12.1 Å². The summed E-state index contributed by atoms with van der Waals surface area (Å²) < 4.78 is 32.0. The van der Waals surface area contributed by atoms with Crippen molar-refractivity contribution in [1.29, 1.82) is 0 Å². The first kappa shape index (κ1) is 19.1. The Hall–Kier alpha value is -2.23. The van der Waals surface area contributed by atoms with Crippen molar-refractivity contribution in [3.63, 3.8) is 0 Å². The van der Waals surface area contributed by atoms with E-state index >= 15 is 0 Å². The van der Waals surface area contributed by atoms with E-state index in [0.29, 0.717) is 6.54 Å². The number of hydrogen-bond donors (Lipinski definition) is 2. The summed E-state index contributed by atoms with van der Waals surface area (Å²) in [6.45, 7) is 4.24. The van der Waals surface area contributed by atoms with Gasteiger partial charge in [0.1, 0.15) is 0 Å². The zero-order chi connectivity index (χ0) is 18.4. The lowest BCUT2D eigenvalue weighted by Gasteiger charge is -2.32. The first-order chi connectivity index (χ1) is 11.8. The molecule has 1 aromatic rings. The van der Waals surface area contributed by atoms with Gasteiger partial charge in [0.15, 0.2) is 0 Å². The normalized spacial score (nSPS) is 17.9. The van der Waals surface area contributed by atoms with Crippen LogP contribution in [-0.2, 0) is 19.6 Å². The molecule has 1 fully saturated rings. The Bertz CT molecular complexity index is 762. The SMILES string of the molecule is C=CCNS(=O)(=O)c1cccc(C(=O)N2CCOC(CC(=O)O)C2)c1. The van der Waals surface area contributed by atoms with E-state index in [4.69, 9.17) is 9.84 Å². The van der Waals surface area contributed by atoms with Crippen molar-refractivity contribution in [2.45, 2.75) is 17.4 Å². The molecule has 1 aliphatic heterocycles. The summed E-state index contributed by atoms with van der Waals surface area (Å²) in [5.41, 5.74) is 0.220. The number of sulfonamides is 1. The van der Waals surface area contributed by atoms with Crippen molar-refractivity contribution in [3.8, 4) is 0 Å². The predicted molar refractivity (Wildman–Crippen MR) is 89.7 cm³/mol. The second-order valence-corrected chi connectivity index (χ2v) is 7.28. The third-order valence-electron chi connectivity index (χ3n) is 3.64. The Balaban J connectivity index is 2.15. The number of hydrogen-bond acceptors (Lipinski definition) is 5. The molecule has 136 valence electrons. The van der Waals surface area contributed by atoms with Crippen molar-refractivity contribution < 1.29 is 27.9 Å². The van der Waals surface area contributed by atoms with Gasteiger partial charge < -0.3 is 14.7 Å². The van der Waals surface area contributed by atoms with E-state index in [1.165, 1.54) is 35.2 Å². The Kier molecular flexibility index (Phi) is 6.29. The molecule has 0 bridgehead atoms. The standard InChI is InChI=1S/C16H20N2O6S/c1-2-6-17-25(22,23)14-5-3-4-12(9-14)16(21)18-7-8-24-13(11-18)10-15(19)20/h2-5,9,13,17H,1,6-8,10-11H2,(H,19,20). The van der Waals surface area contributed by atoms with Crippen LogP contribution in [0.5, 0.6) is 0 Å². The maximum Gasteiger partial charge on any atom is 0.306 e. The minimum absolute atomic E-state index is 0.0180. The zero-order valence-corrected chi connectivity index (χ0v) is 14.4. The van der Waals surface area contributed by atoms with Crippen molar-refractivity contribution in [2.75, 3.05) is 26.2 Å². The van der Waals surface area contributed by atoms with Gasteiger partial charge in [0, 0.05) is 25.2 Å². The molecule has 9 heteroatoms. The molecule has 0 spiro atoms. The fourth-order valence-electron chi connectivity index (χ4n) is 2.45. The molecular formula is C16H20N2O6S. The quantitative estimate of drug-likeness (QED) is 0.677. The third-order valence-corrected chi connectivity index (χ3v) is 5.06. The topological polar surface area (TPSA) is 113 Å². The Morgan fingerprint density at radius 1 is 1.44 bits per heavy atom. The van der Waals surface area contributed by atoms with Crippen LogP contribution in [0.3, 0.4) is 0 Å². The van der Waals surface area contributed by atoms with Gasteiger partial charge in [-0.05, 0) is 18.2 Å². The number of rotatable bonds is 7. The number of aliphatic carboxylic acids is 1. The number of carboxylic acids is 1. The number of carbonyl (C=O) groups is 2. The molecule has 1 atom stereocenters. The lowest BCUT2D eigenvalue weighted by atomic mass is 10.1. The van der Waals surface area contributed by atoms with Gasteiger partial charge in [-0.3, -0.25) is 9.59 Å². The molecule has 1 aliphatic rings. The van der Waals surface area contributed by atoms with E-state index in [-0.39, 0.29) is 42.5 Å². The highest BCUT2D eigenvalue weighted by atomic mass is 32.2. The summed E-state index contributed by atoms with van der Waals surface area (Å²) in [6.07, 6.45) is 0.656. The van der Waals surface area contributed by atoms with E-state index in [1.54, 1.807) is 0 Å². The van der Waals surface area contributed by atoms with E-state index < -0.39 is 22.1 Å². The molecule has 8 nitrogen and oxygen atoms in total. The molecule has 1 saturated heterocycles. The average Bonchev–Trinajstić information content (AvgIpc) is 2.59. The van der Waals surface area contributed by atoms with Crippen LogP contribution in [0.15, 0.2) is 41.8 Å². The average molecular weight is 368 g/mol. The first-order valence-electron chi connectivity index (χ1n) is 7.67. The maximum atomic E-state index is 12.6. The van der Waals surface area contributed by atoms with Gasteiger partial charge in [0.25, 0.3) is 5.91 Å². The lowest BCUT2D eigenvalue weighted by molar-refractivity contribution is -0.141. The smallest absolute Gasteiger partial charge is 0.306 e. The number of amides is 1. The number of benzene rings is 1. The molecule has 2 N–H and O–H groups in total. The van der Waals surface area contributed by atoms with Crippen molar-refractivity contribution in [3.05, 3.63) is 42.5 Å².